The molecular weight excluding hydrogens is 238 g/mol. The molecular formula is C12H12ClN3O. The van der Waals surface area contributed by atoms with Crippen molar-refractivity contribution in [2.45, 2.75) is 13.0 Å². The first-order chi connectivity index (χ1) is 8.16. The largest absolute Gasteiger partial charge is 0.331 e. The normalized spacial score (nSPS) is 12.1. The van der Waals surface area contributed by atoms with E-state index >= 15 is 0 Å². The number of nitrogens with zero attached hydrogens (tertiary/aromatic N) is 2. The third-order valence-corrected chi connectivity index (χ3v) is 2.70. The molecule has 0 saturated heterocycles. The van der Waals surface area contributed by atoms with Gasteiger partial charge in [-0.05, 0) is 24.6 Å². The van der Waals surface area contributed by atoms with Crippen LogP contribution in [0.2, 0.25) is 5.02 Å². The van der Waals surface area contributed by atoms with Crippen LogP contribution in [0, 0.1) is 0 Å². The van der Waals surface area contributed by atoms with Crippen molar-refractivity contribution in [3.05, 3.63) is 53.6 Å². The molecule has 0 radical (unpaired) electrons. The topological polar surface area (TPSA) is 46.9 Å². The quantitative estimate of drug-likeness (QED) is 0.890. The molecule has 17 heavy (non-hydrogen) atoms. The maximum Gasteiger partial charge on any atom is 0.327 e. The lowest BCUT2D eigenvalue weighted by molar-refractivity contribution is 0.239. The van der Waals surface area contributed by atoms with Gasteiger partial charge in [-0.25, -0.2) is 9.78 Å². The fourth-order valence-electron chi connectivity index (χ4n) is 1.47. The van der Waals surface area contributed by atoms with Crippen LogP contribution in [0.5, 0.6) is 0 Å². The van der Waals surface area contributed by atoms with Crippen molar-refractivity contribution in [2.75, 3.05) is 0 Å². The maximum atomic E-state index is 11.7. The van der Waals surface area contributed by atoms with E-state index in [0.717, 1.165) is 5.56 Å². The molecule has 4 nitrogen and oxygen atoms in total. The third kappa shape index (κ3) is 2.85. The zero-order valence-electron chi connectivity index (χ0n) is 9.30. The Kier molecular flexibility index (Phi) is 3.44. The molecule has 0 spiro atoms. The summed E-state index contributed by atoms with van der Waals surface area (Å²) in [6.45, 7) is 1.91. The number of hydrogen-bond donors (Lipinski definition) is 1. The standard InChI is InChI=1S/C12H12ClN3O/c1-9(10-2-4-11(13)5-3-10)15-12(17)16-7-6-14-8-16/h2-9H,1H3,(H,15,17)/t9-/m1/s1. The number of amides is 1. The lowest BCUT2D eigenvalue weighted by Gasteiger charge is -2.14. The van der Waals surface area contributed by atoms with Crippen LogP contribution in [0.4, 0.5) is 4.79 Å². The van der Waals surface area contributed by atoms with Crippen molar-refractivity contribution in [2.24, 2.45) is 0 Å². The number of carbonyl (C=O) groups excluding carboxylic acids is 1. The highest BCUT2D eigenvalue weighted by atomic mass is 35.5. The average Bonchev–Trinajstić information content (AvgIpc) is 2.83. The number of nitrogens with one attached hydrogen (secondary N) is 1. The van der Waals surface area contributed by atoms with Crippen LogP contribution in [-0.4, -0.2) is 15.6 Å². The molecule has 2 rings (SSSR count). The van der Waals surface area contributed by atoms with E-state index in [4.69, 9.17) is 11.6 Å². The summed E-state index contributed by atoms with van der Waals surface area (Å²) >= 11 is 5.80. The number of halogens is 1. The van der Waals surface area contributed by atoms with Crippen LogP contribution in [0.15, 0.2) is 43.0 Å². The molecule has 0 fully saturated rings. The Labute approximate surface area is 104 Å². The molecule has 1 heterocycles. The summed E-state index contributed by atoms with van der Waals surface area (Å²) in [6, 6.07) is 7.10. The first-order valence-corrected chi connectivity index (χ1v) is 5.59. The summed E-state index contributed by atoms with van der Waals surface area (Å²) in [5.41, 5.74) is 1.00. The SMILES string of the molecule is C[C@@H](NC(=O)n1ccnc1)c1ccc(Cl)cc1. The molecule has 1 atom stereocenters. The highest BCUT2D eigenvalue weighted by Crippen LogP contribution is 2.15. The lowest BCUT2D eigenvalue weighted by Crippen LogP contribution is -2.30. The van der Waals surface area contributed by atoms with E-state index in [-0.39, 0.29) is 12.1 Å². The van der Waals surface area contributed by atoms with Crippen molar-refractivity contribution < 1.29 is 4.79 Å². The van der Waals surface area contributed by atoms with Crippen molar-refractivity contribution in [1.29, 1.82) is 0 Å². The maximum absolute atomic E-state index is 11.7. The van der Waals surface area contributed by atoms with Crippen molar-refractivity contribution in [3.8, 4) is 0 Å². The minimum Gasteiger partial charge on any atom is -0.331 e. The van der Waals surface area contributed by atoms with Gasteiger partial charge >= 0.3 is 6.03 Å². The summed E-state index contributed by atoms with van der Waals surface area (Å²) in [7, 11) is 0. The fourth-order valence-corrected chi connectivity index (χ4v) is 1.60. The summed E-state index contributed by atoms with van der Waals surface area (Å²) in [5, 5.41) is 3.54. The summed E-state index contributed by atoms with van der Waals surface area (Å²) in [4.78, 5) is 15.6. The van der Waals surface area contributed by atoms with E-state index in [0.29, 0.717) is 5.02 Å². The molecule has 5 heteroatoms. The molecule has 1 N–H and O–H groups in total. The Bertz CT molecular complexity index is 493. The second kappa shape index (κ2) is 5.01. The van der Waals surface area contributed by atoms with E-state index in [1.807, 2.05) is 19.1 Å². The van der Waals surface area contributed by atoms with Crippen molar-refractivity contribution in [1.82, 2.24) is 14.9 Å². The Morgan fingerprint density at radius 1 is 1.41 bits per heavy atom. The van der Waals surface area contributed by atoms with Gasteiger partial charge in [0.1, 0.15) is 6.33 Å². The molecule has 0 aliphatic heterocycles. The molecule has 1 amide bonds. The van der Waals surface area contributed by atoms with Crippen LogP contribution in [0.1, 0.15) is 18.5 Å². The molecule has 0 aliphatic carbocycles. The second-order valence-corrected chi connectivity index (χ2v) is 4.13. The monoisotopic (exact) mass is 249 g/mol. The smallest absolute Gasteiger partial charge is 0.327 e. The first-order valence-electron chi connectivity index (χ1n) is 5.21. The third-order valence-electron chi connectivity index (χ3n) is 2.45. The Balaban J connectivity index is 2.04. The summed E-state index contributed by atoms with van der Waals surface area (Å²) in [5.74, 6) is 0. The number of rotatable bonds is 2. The van der Waals surface area contributed by atoms with Crippen LogP contribution in [0.3, 0.4) is 0 Å². The Hall–Kier alpha value is -1.81. The minimum absolute atomic E-state index is 0.0813. The molecule has 0 saturated carbocycles. The molecule has 0 bridgehead atoms. The highest BCUT2D eigenvalue weighted by Gasteiger charge is 2.10. The van der Waals surface area contributed by atoms with Crippen LogP contribution < -0.4 is 5.32 Å². The van der Waals surface area contributed by atoms with Gasteiger partial charge in [-0.15, -0.1) is 0 Å². The van der Waals surface area contributed by atoms with Crippen molar-refractivity contribution in [3.63, 3.8) is 0 Å². The molecule has 88 valence electrons. The van der Waals surface area contributed by atoms with Gasteiger partial charge in [-0.1, -0.05) is 23.7 Å². The van der Waals surface area contributed by atoms with Gasteiger partial charge < -0.3 is 5.32 Å². The zero-order valence-corrected chi connectivity index (χ0v) is 10.1. The van der Waals surface area contributed by atoms with Crippen LogP contribution in [0.25, 0.3) is 0 Å². The van der Waals surface area contributed by atoms with E-state index in [1.54, 1.807) is 24.5 Å². The van der Waals surface area contributed by atoms with E-state index in [9.17, 15) is 4.79 Å². The Morgan fingerprint density at radius 2 is 2.12 bits per heavy atom. The number of hydrogen-bond acceptors (Lipinski definition) is 2. The molecule has 2 aromatic rings. The summed E-state index contributed by atoms with van der Waals surface area (Å²) < 4.78 is 1.40. The van der Waals surface area contributed by atoms with Gasteiger partial charge in [0, 0.05) is 17.4 Å². The van der Waals surface area contributed by atoms with Gasteiger partial charge in [0.15, 0.2) is 0 Å². The highest BCUT2D eigenvalue weighted by molar-refractivity contribution is 6.30. The average molecular weight is 250 g/mol. The van der Waals surface area contributed by atoms with Gasteiger partial charge in [-0.2, -0.15) is 0 Å². The van der Waals surface area contributed by atoms with Gasteiger partial charge in [-0.3, -0.25) is 4.57 Å². The molecule has 1 aromatic carbocycles. The fraction of sp³-hybridized carbons (Fsp3) is 0.167. The molecule has 0 aliphatic rings. The lowest BCUT2D eigenvalue weighted by atomic mass is 10.1. The molecule has 0 unspecified atom stereocenters. The van der Waals surface area contributed by atoms with E-state index in [1.165, 1.54) is 10.9 Å². The van der Waals surface area contributed by atoms with Gasteiger partial charge in [0.25, 0.3) is 0 Å². The van der Waals surface area contributed by atoms with Gasteiger partial charge in [0.2, 0.25) is 0 Å². The first kappa shape index (κ1) is 11.7. The minimum atomic E-state index is -0.204. The number of benzene rings is 1. The number of imidazole rings is 1. The second-order valence-electron chi connectivity index (χ2n) is 3.69. The predicted molar refractivity (Wildman–Crippen MR) is 66.0 cm³/mol. The van der Waals surface area contributed by atoms with Crippen LogP contribution >= 0.6 is 11.6 Å². The van der Waals surface area contributed by atoms with E-state index < -0.39 is 0 Å². The van der Waals surface area contributed by atoms with Gasteiger partial charge in [0.05, 0.1) is 6.04 Å². The van der Waals surface area contributed by atoms with Crippen LogP contribution in [-0.2, 0) is 0 Å². The number of carbonyl (C=O) groups is 1. The summed E-state index contributed by atoms with van der Waals surface area (Å²) in [6.07, 6.45) is 4.63. The zero-order chi connectivity index (χ0) is 12.3. The van der Waals surface area contributed by atoms with Crippen molar-refractivity contribution >= 4 is 17.6 Å². The molecule has 1 aromatic heterocycles. The predicted octanol–water partition coefficient (Wildman–Crippen LogP) is 2.86. The number of aromatic nitrogens is 2. The Morgan fingerprint density at radius 3 is 2.71 bits per heavy atom. The van der Waals surface area contributed by atoms with E-state index in [2.05, 4.69) is 10.3 Å².